The number of anilines is 1. The molecule has 21 heavy (non-hydrogen) atoms. The summed E-state index contributed by atoms with van der Waals surface area (Å²) in [7, 11) is -3.80. The van der Waals surface area contributed by atoms with Crippen LogP contribution in [0.3, 0.4) is 0 Å². The summed E-state index contributed by atoms with van der Waals surface area (Å²) in [6.07, 6.45) is 0. The third-order valence-corrected chi connectivity index (χ3v) is 5.01. The number of aliphatic hydroxyl groups excluding tert-OH is 1. The van der Waals surface area contributed by atoms with Crippen molar-refractivity contribution in [3.05, 3.63) is 59.9 Å². The molecule has 4 nitrogen and oxygen atoms in total. The fourth-order valence-electron chi connectivity index (χ4n) is 2.05. The van der Waals surface area contributed by atoms with E-state index in [2.05, 4.69) is 0 Å². The van der Waals surface area contributed by atoms with Gasteiger partial charge in [-0.3, -0.25) is 4.31 Å². The molecule has 2 aromatic carbocycles. The third kappa shape index (κ3) is 3.06. The number of nitrogens with zero attached hydrogens (tertiary/aromatic N) is 1. The standard InChI is InChI=1S/C15H16FNO3S/c1-2-17(13-6-4-3-5-7-13)21(19,20)14-8-9-15(16)12(10-14)11-18/h3-10,18H,2,11H2,1H3. The molecule has 1 N–H and O–H groups in total. The fourth-order valence-corrected chi connectivity index (χ4v) is 3.57. The van der Waals surface area contributed by atoms with Crippen LogP contribution in [0.25, 0.3) is 0 Å². The topological polar surface area (TPSA) is 57.6 Å². The first-order chi connectivity index (χ1) is 10.0. The molecule has 0 radical (unpaired) electrons. The van der Waals surface area contributed by atoms with Gasteiger partial charge in [0, 0.05) is 12.1 Å². The van der Waals surface area contributed by atoms with Crippen molar-refractivity contribution >= 4 is 15.7 Å². The Hall–Kier alpha value is -1.92. The first kappa shape index (κ1) is 15.5. The second-order valence-corrected chi connectivity index (χ2v) is 6.28. The minimum atomic E-state index is -3.80. The van der Waals surface area contributed by atoms with Gasteiger partial charge in [0.25, 0.3) is 10.0 Å². The van der Waals surface area contributed by atoms with Gasteiger partial charge in [-0.15, -0.1) is 0 Å². The number of hydrogen-bond donors (Lipinski definition) is 1. The molecular weight excluding hydrogens is 293 g/mol. The number of halogens is 1. The monoisotopic (exact) mass is 309 g/mol. The van der Waals surface area contributed by atoms with Crippen LogP contribution < -0.4 is 4.31 Å². The normalized spacial score (nSPS) is 11.4. The summed E-state index contributed by atoms with van der Waals surface area (Å²) in [6, 6.07) is 12.1. The van der Waals surface area contributed by atoms with E-state index in [1.807, 2.05) is 0 Å². The van der Waals surface area contributed by atoms with Gasteiger partial charge in [-0.05, 0) is 37.3 Å². The molecule has 0 fully saturated rings. The van der Waals surface area contributed by atoms with Crippen molar-refractivity contribution in [3.8, 4) is 0 Å². The van der Waals surface area contributed by atoms with Gasteiger partial charge >= 0.3 is 0 Å². The SMILES string of the molecule is CCN(c1ccccc1)S(=O)(=O)c1ccc(F)c(CO)c1. The fraction of sp³-hybridized carbons (Fsp3) is 0.200. The molecule has 2 aromatic rings. The molecule has 0 heterocycles. The zero-order chi connectivity index (χ0) is 15.5. The minimum absolute atomic E-state index is 0.0415. The van der Waals surface area contributed by atoms with Gasteiger partial charge in [-0.2, -0.15) is 0 Å². The third-order valence-electron chi connectivity index (χ3n) is 3.11. The average molecular weight is 309 g/mol. The quantitative estimate of drug-likeness (QED) is 0.923. The van der Waals surface area contributed by atoms with Crippen molar-refractivity contribution in [2.45, 2.75) is 18.4 Å². The summed E-state index contributed by atoms with van der Waals surface area (Å²) in [4.78, 5) is -0.0429. The molecule has 0 saturated heterocycles. The van der Waals surface area contributed by atoms with E-state index in [0.717, 1.165) is 12.1 Å². The highest BCUT2D eigenvalue weighted by Gasteiger charge is 2.24. The number of rotatable bonds is 5. The maximum Gasteiger partial charge on any atom is 0.264 e. The number of hydrogen-bond acceptors (Lipinski definition) is 3. The molecule has 0 aliphatic rings. The highest BCUT2D eigenvalue weighted by atomic mass is 32.2. The first-order valence-corrected chi connectivity index (χ1v) is 7.91. The Morgan fingerprint density at radius 3 is 2.38 bits per heavy atom. The van der Waals surface area contributed by atoms with Crippen LogP contribution >= 0.6 is 0 Å². The van der Waals surface area contributed by atoms with Gasteiger partial charge in [-0.25, -0.2) is 12.8 Å². The largest absolute Gasteiger partial charge is 0.392 e. The molecule has 0 amide bonds. The Bertz CT molecular complexity index is 717. The molecule has 0 bridgehead atoms. The Morgan fingerprint density at radius 2 is 1.81 bits per heavy atom. The summed E-state index contributed by atoms with van der Waals surface area (Å²) in [6.45, 7) is 1.42. The maximum absolute atomic E-state index is 13.4. The van der Waals surface area contributed by atoms with Crippen LogP contribution in [0, 0.1) is 5.82 Å². The van der Waals surface area contributed by atoms with Crippen LogP contribution in [0.1, 0.15) is 12.5 Å². The molecule has 0 aromatic heterocycles. The lowest BCUT2D eigenvalue weighted by molar-refractivity contribution is 0.275. The molecule has 2 rings (SSSR count). The van der Waals surface area contributed by atoms with Crippen molar-refractivity contribution in [2.75, 3.05) is 10.8 Å². The lowest BCUT2D eigenvalue weighted by Gasteiger charge is -2.23. The average Bonchev–Trinajstić information content (AvgIpc) is 2.49. The van der Waals surface area contributed by atoms with E-state index < -0.39 is 22.4 Å². The molecular formula is C15H16FNO3S. The molecule has 6 heteroatoms. The van der Waals surface area contributed by atoms with Crippen LogP contribution in [-0.4, -0.2) is 20.1 Å². The minimum Gasteiger partial charge on any atom is -0.392 e. The van der Waals surface area contributed by atoms with Gasteiger partial charge in [0.15, 0.2) is 0 Å². The molecule has 0 saturated carbocycles. The summed E-state index contributed by atoms with van der Waals surface area (Å²) >= 11 is 0. The molecule has 0 atom stereocenters. The molecule has 0 aliphatic carbocycles. The highest BCUT2D eigenvalue weighted by molar-refractivity contribution is 7.92. The molecule has 0 aliphatic heterocycles. The van der Waals surface area contributed by atoms with Crippen molar-refractivity contribution in [3.63, 3.8) is 0 Å². The summed E-state index contributed by atoms with van der Waals surface area (Å²) in [5.74, 6) is -0.626. The Kier molecular flexibility index (Phi) is 4.59. The Morgan fingerprint density at radius 1 is 1.14 bits per heavy atom. The van der Waals surface area contributed by atoms with Gasteiger partial charge < -0.3 is 5.11 Å². The molecule has 112 valence electrons. The summed E-state index contributed by atoms with van der Waals surface area (Å²) in [5.41, 5.74) is 0.495. The van der Waals surface area contributed by atoms with Gasteiger partial charge in [0.1, 0.15) is 5.82 Å². The predicted octanol–water partition coefficient (Wildman–Crippen LogP) is 2.53. The van der Waals surface area contributed by atoms with Gasteiger partial charge in [-0.1, -0.05) is 18.2 Å². The lowest BCUT2D eigenvalue weighted by atomic mass is 10.2. The number of para-hydroxylation sites is 1. The summed E-state index contributed by atoms with van der Waals surface area (Å²) < 4.78 is 40.0. The predicted molar refractivity (Wildman–Crippen MR) is 79.0 cm³/mol. The Balaban J connectivity index is 2.50. The second-order valence-electron chi connectivity index (χ2n) is 4.42. The van der Waals surface area contributed by atoms with Crippen LogP contribution in [0.5, 0.6) is 0 Å². The van der Waals surface area contributed by atoms with Gasteiger partial charge in [0.2, 0.25) is 0 Å². The van der Waals surface area contributed by atoms with E-state index in [1.54, 1.807) is 37.3 Å². The van der Waals surface area contributed by atoms with Crippen LogP contribution in [0.15, 0.2) is 53.4 Å². The van der Waals surface area contributed by atoms with E-state index >= 15 is 0 Å². The van der Waals surface area contributed by atoms with Crippen LogP contribution in [0.2, 0.25) is 0 Å². The van der Waals surface area contributed by atoms with E-state index in [9.17, 15) is 12.8 Å². The van der Waals surface area contributed by atoms with Crippen LogP contribution in [0.4, 0.5) is 10.1 Å². The number of sulfonamides is 1. The van der Waals surface area contributed by atoms with Crippen molar-refractivity contribution in [1.29, 1.82) is 0 Å². The number of aliphatic hydroxyl groups is 1. The van der Waals surface area contributed by atoms with E-state index in [-0.39, 0.29) is 17.0 Å². The van der Waals surface area contributed by atoms with E-state index in [4.69, 9.17) is 5.11 Å². The number of benzene rings is 2. The molecule has 0 spiro atoms. The smallest absolute Gasteiger partial charge is 0.264 e. The lowest BCUT2D eigenvalue weighted by Crippen LogP contribution is -2.30. The molecule has 0 unspecified atom stereocenters. The van der Waals surface area contributed by atoms with E-state index in [1.165, 1.54) is 10.4 Å². The Labute approximate surface area is 123 Å². The zero-order valence-electron chi connectivity index (χ0n) is 11.5. The highest BCUT2D eigenvalue weighted by Crippen LogP contribution is 2.24. The van der Waals surface area contributed by atoms with Gasteiger partial charge in [0.05, 0.1) is 17.2 Å². The van der Waals surface area contributed by atoms with Crippen molar-refractivity contribution in [2.24, 2.45) is 0 Å². The van der Waals surface area contributed by atoms with Crippen molar-refractivity contribution in [1.82, 2.24) is 0 Å². The van der Waals surface area contributed by atoms with E-state index in [0.29, 0.717) is 5.69 Å². The summed E-state index contributed by atoms with van der Waals surface area (Å²) in [5, 5.41) is 9.07. The first-order valence-electron chi connectivity index (χ1n) is 6.47. The second kappa shape index (κ2) is 6.24. The van der Waals surface area contributed by atoms with Crippen molar-refractivity contribution < 1.29 is 17.9 Å². The maximum atomic E-state index is 13.4. The zero-order valence-corrected chi connectivity index (χ0v) is 12.3. The van der Waals surface area contributed by atoms with Crippen LogP contribution in [-0.2, 0) is 16.6 Å².